The molecular formula is C18H29N6OP. The summed E-state index contributed by atoms with van der Waals surface area (Å²) in [6.45, 7) is 9.44. The van der Waals surface area contributed by atoms with E-state index in [1.807, 2.05) is 43.7 Å². The second-order valence-electron chi connectivity index (χ2n) is 5.77. The van der Waals surface area contributed by atoms with E-state index in [0.717, 1.165) is 36.2 Å². The second kappa shape index (κ2) is 10.7. The van der Waals surface area contributed by atoms with Gasteiger partial charge in [-0.1, -0.05) is 20.5 Å². The van der Waals surface area contributed by atoms with Crippen LogP contribution in [0.5, 0.6) is 0 Å². The number of aromatic amines is 1. The number of aromatic nitrogens is 3. The minimum absolute atomic E-state index is 0.0428. The summed E-state index contributed by atoms with van der Waals surface area (Å²) in [7, 11) is 2.42. The first-order valence-electron chi connectivity index (χ1n) is 8.91. The van der Waals surface area contributed by atoms with Crippen molar-refractivity contribution in [3.8, 4) is 6.07 Å². The molecule has 2 atom stereocenters. The van der Waals surface area contributed by atoms with E-state index in [-0.39, 0.29) is 17.9 Å². The van der Waals surface area contributed by atoms with Gasteiger partial charge in [0.2, 0.25) is 5.91 Å². The first-order chi connectivity index (χ1) is 12.6. The van der Waals surface area contributed by atoms with Gasteiger partial charge < -0.3 is 15.2 Å². The Morgan fingerprint density at radius 1 is 1.46 bits per heavy atom. The Balaban J connectivity index is 0.000000791. The predicted molar refractivity (Wildman–Crippen MR) is 109 cm³/mol. The predicted octanol–water partition coefficient (Wildman–Crippen LogP) is 3.18. The summed E-state index contributed by atoms with van der Waals surface area (Å²) >= 11 is 0. The van der Waals surface area contributed by atoms with Crippen molar-refractivity contribution in [2.45, 2.75) is 45.6 Å². The maximum atomic E-state index is 11.9. The smallest absolute Gasteiger partial charge is 0.237 e. The molecule has 142 valence electrons. The molecule has 3 rings (SSSR count). The number of anilines is 1. The molecule has 0 saturated carbocycles. The van der Waals surface area contributed by atoms with Gasteiger partial charge in [0.25, 0.3) is 0 Å². The van der Waals surface area contributed by atoms with Crippen LogP contribution in [0.4, 0.5) is 5.82 Å². The van der Waals surface area contributed by atoms with Gasteiger partial charge in [-0.3, -0.25) is 4.79 Å². The molecule has 3 heterocycles. The molecule has 1 unspecified atom stereocenters. The van der Waals surface area contributed by atoms with Crippen molar-refractivity contribution in [3.63, 3.8) is 0 Å². The molecule has 1 fully saturated rings. The molecule has 2 N–H and O–H groups in total. The minimum atomic E-state index is -0.161. The van der Waals surface area contributed by atoms with Crippen LogP contribution >= 0.6 is 9.24 Å². The number of hydrogen-bond acceptors (Lipinski definition) is 5. The number of likely N-dealkylation sites (tertiary alicyclic amines) is 1. The Morgan fingerprint density at radius 3 is 2.81 bits per heavy atom. The fraction of sp³-hybridized carbons (Fsp3) is 0.556. The number of hydrogen-bond donors (Lipinski definition) is 2. The number of amides is 1. The Kier molecular flexibility index (Phi) is 9.01. The highest BCUT2D eigenvalue weighted by Crippen LogP contribution is 2.34. The van der Waals surface area contributed by atoms with Gasteiger partial charge >= 0.3 is 0 Å². The number of rotatable bonds is 5. The summed E-state index contributed by atoms with van der Waals surface area (Å²) in [6.07, 6.45) is 5.10. The summed E-state index contributed by atoms with van der Waals surface area (Å²) in [5.74, 6) is 0.718. The van der Waals surface area contributed by atoms with Crippen LogP contribution in [0, 0.1) is 11.3 Å². The lowest BCUT2D eigenvalue weighted by molar-refractivity contribution is -0.145. The molecule has 1 aliphatic heterocycles. The Hall–Kier alpha value is -2.19. The third kappa shape index (κ3) is 4.92. The summed E-state index contributed by atoms with van der Waals surface area (Å²) in [4.78, 5) is 25.1. The van der Waals surface area contributed by atoms with Crippen LogP contribution in [0.15, 0.2) is 18.6 Å². The van der Waals surface area contributed by atoms with Gasteiger partial charge in [-0.2, -0.15) is 5.26 Å². The molecule has 2 aromatic heterocycles. The van der Waals surface area contributed by atoms with Crippen molar-refractivity contribution in [1.82, 2.24) is 19.9 Å². The summed E-state index contributed by atoms with van der Waals surface area (Å²) in [5.41, 5.74) is 0.642. The zero-order valence-electron chi connectivity index (χ0n) is 16.0. The largest absolute Gasteiger partial charge is 0.369 e. The van der Waals surface area contributed by atoms with Crippen LogP contribution in [-0.4, -0.2) is 51.1 Å². The molecule has 26 heavy (non-hydrogen) atoms. The fourth-order valence-electron chi connectivity index (χ4n) is 2.92. The highest BCUT2D eigenvalue weighted by Gasteiger charge is 2.42. The van der Waals surface area contributed by atoms with E-state index in [1.54, 1.807) is 0 Å². The molecule has 2 aromatic rings. The van der Waals surface area contributed by atoms with Crippen molar-refractivity contribution in [3.05, 3.63) is 18.6 Å². The SMILES string of the molecule is CC.CP.C[C@@]1(CCNc2ncnc3[nH]ccc23)CCN1C(=O)CC#N. The lowest BCUT2D eigenvalue weighted by atomic mass is 9.83. The Labute approximate surface area is 157 Å². The molecule has 1 aliphatic rings. The van der Waals surface area contributed by atoms with Gasteiger partial charge in [-0.15, -0.1) is 9.24 Å². The van der Waals surface area contributed by atoms with Crippen molar-refractivity contribution >= 4 is 32.0 Å². The highest BCUT2D eigenvalue weighted by atomic mass is 31.0. The fourth-order valence-corrected chi connectivity index (χ4v) is 2.92. The quantitative estimate of drug-likeness (QED) is 0.781. The summed E-state index contributed by atoms with van der Waals surface area (Å²) in [6, 6.07) is 3.86. The average Bonchev–Trinajstić information content (AvgIpc) is 3.14. The molecule has 0 aromatic carbocycles. The summed E-state index contributed by atoms with van der Waals surface area (Å²) in [5, 5.41) is 12.9. The number of fused-ring (bicyclic) bond motifs is 1. The van der Waals surface area contributed by atoms with Gasteiger partial charge in [0.15, 0.2) is 0 Å². The van der Waals surface area contributed by atoms with Crippen LogP contribution < -0.4 is 5.32 Å². The second-order valence-corrected chi connectivity index (χ2v) is 5.77. The zero-order chi connectivity index (χ0) is 19.6. The van der Waals surface area contributed by atoms with Gasteiger partial charge in [0.1, 0.15) is 24.2 Å². The third-order valence-corrected chi connectivity index (χ3v) is 4.37. The first kappa shape index (κ1) is 21.9. The van der Waals surface area contributed by atoms with Gasteiger partial charge in [-0.05, 0) is 25.8 Å². The van der Waals surface area contributed by atoms with Gasteiger partial charge in [0.05, 0.1) is 11.5 Å². The molecule has 0 radical (unpaired) electrons. The van der Waals surface area contributed by atoms with Gasteiger partial charge in [-0.25, -0.2) is 9.97 Å². The van der Waals surface area contributed by atoms with E-state index < -0.39 is 0 Å². The first-order valence-corrected chi connectivity index (χ1v) is 10.1. The van der Waals surface area contributed by atoms with Crippen LogP contribution in [-0.2, 0) is 4.79 Å². The number of nitrogens with one attached hydrogen (secondary N) is 2. The molecular weight excluding hydrogens is 347 g/mol. The van der Waals surface area contributed by atoms with E-state index in [4.69, 9.17) is 5.26 Å². The molecule has 1 saturated heterocycles. The van der Waals surface area contributed by atoms with Crippen LogP contribution in [0.25, 0.3) is 11.0 Å². The van der Waals surface area contributed by atoms with E-state index in [0.29, 0.717) is 6.54 Å². The third-order valence-electron chi connectivity index (χ3n) is 4.37. The molecule has 0 aliphatic carbocycles. The lowest BCUT2D eigenvalue weighted by Gasteiger charge is -2.50. The van der Waals surface area contributed by atoms with Crippen molar-refractivity contribution < 1.29 is 4.79 Å². The van der Waals surface area contributed by atoms with Gasteiger partial charge in [0, 0.05) is 24.8 Å². The molecule has 7 nitrogen and oxygen atoms in total. The number of nitrogens with zero attached hydrogens (tertiary/aromatic N) is 4. The number of H-pyrrole nitrogens is 1. The standard InChI is InChI=1S/C15H18N6O.C2H6.CH5P/c1-15(5-9-21(15)12(22)2-6-16)4-8-18-14-11-3-7-17-13(11)19-10-20-14;2*1-2/h3,7,10H,2,4-5,8-9H2,1H3,(H2,17,18,19,20);1-2H3;2H2,1H3/t15-;;/m1../s1. The van der Waals surface area contributed by atoms with Crippen LogP contribution in [0.1, 0.15) is 40.0 Å². The minimum Gasteiger partial charge on any atom is -0.369 e. The van der Waals surface area contributed by atoms with E-state index in [1.165, 1.54) is 6.33 Å². The van der Waals surface area contributed by atoms with Crippen molar-refractivity contribution in [2.24, 2.45) is 0 Å². The molecule has 8 heteroatoms. The van der Waals surface area contributed by atoms with Crippen LogP contribution in [0.3, 0.4) is 0 Å². The van der Waals surface area contributed by atoms with Crippen molar-refractivity contribution in [1.29, 1.82) is 5.26 Å². The number of nitriles is 1. The molecule has 1 amide bonds. The van der Waals surface area contributed by atoms with Crippen LogP contribution in [0.2, 0.25) is 0 Å². The van der Waals surface area contributed by atoms with E-state index in [2.05, 4.69) is 36.4 Å². The molecule has 0 bridgehead atoms. The average molecular weight is 376 g/mol. The lowest BCUT2D eigenvalue weighted by Crippen LogP contribution is -2.60. The zero-order valence-corrected chi connectivity index (χ0v) is 17.2. The summed E-state index contributed by atoms with van der Waals surface area (Å²) < 4.78 is 0. The molecule has 0 spiro atoms. The highest BCUT2D eigenvalue weighted by molar-refractivity contribution is 7.15. The monoisotopic (exact) mass is 376 g/mol. The number of carbonyl (C=O) groups is 1. The van der Waals surface area contributed by atoms with Crippen molar-refractivity contribution in [2.75, 3.05) is 25.1 Å². The maximum absolute atomic E-state index is 11.9. The Bertz CT molecular complexity index is 741. The maximum Gasteiger partial charge on any atom is 0.237 e. The van der Waals surface area contributed by atoms with E-state index in [9.17, 15) is 4.79 Å². The topological polar surface area (TPSA) is 97.7 Å². The number of carbonyl (C=O) groups excluding carboxylic acids is 1. The normalized spacial score (nSPS) is 17.8. The van der Waals surface area contributed by atoms with E-state index >= 15 is 0 Å². The Morgan fingerprint density at radius 2 is 2.19 bits per heavy atom.